The van der Waals surface area contributed by atoms with Crippen molar-refractivity contribution in [2.45, 2.75) is 19.3 Å². The van der Waals surface area contributed by atoms with E-state index in [0.717, 1.165) is 27.7 Å². The minimum atomic E-state index is -3.18. The number of aromatic nitrogens is 3. The van der Waals surface area contributed by atoms with Gasteiger partial charge >= 0.3 is 0 Å². The van der Waals surface area contributed by atoms with E-state index in [9.17, 15) is 13.2 Å². The molecule has 1 aliphatic rings. The first-order chi connectivity index (χ1) is 13.8. The molecule has 0 aliphatic carbocycles. The van der Waals surface area contributed by atoms with Crippen LogP contribution >= 0.6 is 0 Å². The van der Waals surface area contributed by atoms with Crippen molar-refractivity contribution in [3.63, 3.8) is 0 Å². The van der Waals surface area contributed by atoms with E-state index in [1.165, 1.54) is 10.6 Å². The number of carbonyl (C=O) groups is 1. The third-order valence-electron chi connectivity index (χ3n) is 5.62. The molecule has 0 amide bonds. The lowest BCUT2D eigenvalue weighted by Crippen LogP contribution is -2.39. The molecule has 0 atom stereocenters. The van der Waals surface area contributed by atoms with Crippen molar-refractivity contribution in [1.82, 2.24) is 18.8 Å². The first-order valence-electron chi connectivity index (χ1n) is 9.64. The van der Waals surface area contributed by atoms with Crippen LogP contribution in [0.25, 0.3) is 22.0 Å². The molecule has 0 spiro atoms. The van der Waals surface area contributed by atoms with Gasteiger partial charge in [0.15, 0.2) is 0 Å². The summed E-state index contributed by atoms with van der Waals surface area (Å²) in [6.07, 6.45) is 8.04. The fourth-order valence-electron chi connectivity index (χ4n) is 3.91. The van der Waals surface area contributed by atoms with Crippen LogP contribution in [0.3, 0.4) is 0 Å². The predicted octanol–water partition coefficient (Wildman–Crippen LogP) is 2.42. The second-order valence-corrected chi connectivity index (χ2v) is 9.69. The van der Waals surface area contributed by atoms with Gasteiger partial charge in [-0.2, -0.15) is 0 Å². The lowest BCUT2D eigenvalue weighted by Gasteiger charge is -2.29. The number of rotatable bonds is 5. The Labute approximate surface area is 170 Å². The van der Waals surface area contributed by atoms with Crippen LogP contribution in [0.4, 0.5) is 0 Å². The number of carbonyl (C=O) groups excluding carboxylic acids is 1. The zero-order valence-corrected chi connectivity index (χ0v) is 17.4. The first-order valence-corrected chi connectivity index (χ1v) is 11.5. The molecule has 0 bridgehead atoms. The van der Waals surface area contributed by atoms with E-state index >= 15 is 0 Å². The van der Waals surface area contributed by atoms with E-state index in [1.807, 2.05) is 36.0 Å². The predicted molar refractivity (Wildman–Crippen MR) is 112 cm³/mol. The summed E-state index contributed by atoms with van der Waals surface area (Å²) < 4.78 is 26.7. The Morgan fingerprint density at radius 1 is 1.14 bits per heavy atom. The Morgan fingerprint density at radius 3 is 2.55 bits per heavy atom. The van der Waals surface area contributed by atoms with Crippen LogP contribution in [0, 0.1) is 5.92 Å². The van der Waals surface area contributed by atoms with Crippen LogP contribution in [-0.2, 0) is 28.3 Å². The number of sulfonamides is 1. The Bertz CT molecular complexity index is 1160. The molecule has 8 heteroatoms. The molecule has 7 nitrogen and oxygen atoms in total. The second kappa shape index (κ2) is 7.68. The summed E-state index contributed by atoms with van der Waals surface area (Å²) in [5, 5.41) is 2.06. The van der Waals surface area contributed by atoms with Crippen LogP contribution in [0.1, 0.15) is 18.5 Å². The minimum Gasteiger partial charge on any atom is -0.334 e. The number of Topliss-reactive ketones (excluding diaryl/α,β-unsaturated/α-hetero) is 1. The number of ketones is 1. The lowest BCUT2D eigenvalue weighted by molar-refractivity contribution is -0.123. The molecule has 1 aromatic carbocycles. The van der Waals surface area contributed by atoms with E-state index in [-0.39, 0.29) is 18.1 Å². The van der Waals surface area contributed by atoms with Gasteiger partial charge in [0.05, 0.1) is 24.5 Å². The van der Waals surface area contributed by atoms with Crippen LogP contribution in [-0.4, -0.2) is 52.4 Å². The fourth-order valence-corrected chi connectivity index (χ4v) is 4.78. The van der Waals surface area contributed by atoms with Gasteiger partial charge < -0.3 is 4.57 Å². The molecule has 3 aromatic rings. The van der Waals surface area contributed by atoms with Crippen molar-refractivity contribution < 1.29 is 13.2 Å². The van der Waals surface area contributed by atoms with E-state index in [1.54, 1.807) is 12.5 Å². The van der Waals surface area contributed by atoms with E-state index in [2.05, 4.69) is 16.0 Å². The minimum absolute atomic E-state index is 0.105. The summed E-state index contributed by atoms with van der Waals surface area (Å²) in [5.74, 6) is 0.0269. The van der Waals surface area contributed by atoms with E-state index < -0.39 is 10.0 Å². The zero-order chi connectivity index (χ0) is 20.6. The molecular formula is C21H24N4O3S. The summed E-state index contributed by atoms with van der Waals surface area (Å²) in [7, 11) is -1.22. The quantitative estimate of drug-likeness (QED) is 0.642. The highest BCUT2D eigenvalue weighted by Crippen LogP contribution is 2.25. The molecule has 1 fully saturated rings. The van der Waals surface area contributed by atoms with Crippen molar-refractivity contribution >= 4 is 26.6 Å². The number of benzene rings is 1. The number of nitrogens with zero attached hydrogens (tertiary/aromatic N) is 4. The second-order valence-electron chi connectivity index (χ2n) is 7.71. The number of piperidine rings is 1. The maximum absolute atomic E-state index is 12.7. The van der Waals surface area contributed by atoms with Crippen LogP contribution in [0.2, 0.25) is 0 Å². The molecule has 1 aliphatic heterocycles. The van der Waals surface area contributed by atoms with Gasteiger partial charge in [-0.15, -0.1) is 0 Å². The van der Waals surface area contributed by atoms with Crippen LogP contribution in [0.15, 0.2) is 43.0 Å². The van der Waals surface area contributed by atoms with Gasteiger partial charge in [-0.3, -0.25) is 9.78 Å². The molecule has 29 heavy (non-hydrogen) atoms. The summed E-state index contributed by atoms with van der Waals surface area (Å²) >= 11 is 0. The summed E-state index contributed by atoms with van der Waals surface area (Å²) in [6.45, 7) is 0.822. The Hall–Kier alpha value is -2.58. The SMILES string of the molecule is Cn1cncc1-c1ccc2cnc(CC(=O)C3CCN(S(C)(=O)=O)CC3)cc2c1. The average Bonchev–Trinajstić information content (AvgIpc) is 3.13. The first kappa shape index (κ1) is 19.7. The van der Waals surface area contributed by atoms with Gasteiger partial charge in [0, 0.05) is 55.3 Å². The number of imidazole rings is 1. The van der Waals surface area contributed by atoms with Gasteiger partial charge in [-0.1, -0.05) is 12.1 Å². The average molecular weight is 413 g/mol. The number of hydrogen-bond acceptors (Lipinski definition) is 5. The fraction of sp³-hybridized carbons (Fsp3) is 0.381. The third kappa shape index (κ3) is 4.23. The molecule has 0 radical (unpaired) electrons. The largest absolute Gasteiger partial charge is 0.334 e. The summed E-state index contributed by atoms with van der Waals surface area (Å²) in [5.41, 5.74) is 2.84. The standard InChI is InChI=1S/C21H24N4O3S/c1-24-14-22-13-20(24)16-3-4-17-12-23-19(10-18(17)9-16)11-21(26)15-5-7-25(8-6-15)29(2,27)28/h3-4,9-10,12-15H,5-8,11H2,1-2H3. The molecule has 0 unspecified atom stereocenters. The summed E-state index contributed by atoms with van der Waals surface area (Å²) in [4.78, 5) is 21.4. The molecule has 3 heterocycles. The smallest absolute Gasteiger partial charge is 0.211 e. The molecule has 152 valence electrons. The van der Waals surface area contributed by atoms with Gasteiger partial charge in [0.1, 0.15) is 5.78 Å². The van der Waals surface area contributed by atoms with Crippen molar-refractivity contribution in [3.05, 3.63) is 48.7 Å². The maximum atomic E-state index is 12.7. The maximum Gasteiger partial charge on any atom is 0.211 e. The van der Waals surface area contributed by atoms with Crippen molar-refractivity contribution in [2.75, 3.05) is 19.3 Å². The van der Waals surface area contributed by atoms with Gasteiger partial charge in [0.2, 0.25) is 10.0 Å². The highest BCUT2D eigenvalue weighted by molar-refractivity contribution is 7.88. The lowest BCUT2D eigenvalue weighted by atomic mass is 9.91. The van der Waals surface area contributed by atoms with Crippen molar-refractivity contribution in [2.24, 2.45) is 13.0 Å². The van der Waals surface area contributed by atoms with E-state index in [0.29, 0.717) is 25.9 Å². The normalized spacial score (nSPS) is 16.3. The number of fused-ring (bicyclic) bond motifs is 1. The molecule has 2 aromatic heterocycles. The molecular weight excluding hydrogens is 388 g/mol. The Kier molecular flexibility index (Phi) is 5.23. The molecule has 0 saturated carbocycles. The monoisotopic (exact) mass is 412 g/mol. The highest BCUT2D eigenvalue weighted by Gasteiger charge is 2.28. The number of pyridine rings is 1. The molecule has 1 saturated heterocycles. The van der Waals surface area contributed by atoms with Gasteiger partial charge in [-0.25, -0.2) is 17.7 Å². The van der Waals surface area contributed by atoms with Crippen LogP contribution in [0.5, 0.6) is 0 Å². The van der Waals surface area contributed by atoms with Crippen LogP contribution < -0.4 is 0 Å². The van der Waals surface area contributed by atoms with Crippen molar-refractivity contribution in [1.29, 1.82) is 0 Å². The van der Waals surface area contributed by atoms with Crippen molar-refractivity contribution in [3.8, 4) is 11.3 Å². The van der Waals surface area contributed by atoms with Gasteiger partial charge in [-0.05, 0) is 30.4 Å². The Morgan fingerprint density at radius 2 is 1.90 bits per heavy atom. The zero-order valence-electron chi connectivity index (χ0n) is 16.6. The topological polar surface area (TPSA) is 85.2 Å². The van der Waals surface area contributed by atoms with E-state index in [4.69, 9.17) is 0 Å². The third-order valence-corrected chi connectivity index (χ3v) is 6.93. The highest BCUT2D eigenvalue weighted by atomic mass is 32.2. The molecule has 4 rings (SSSR count). The van der Waals surface area contributed by atoms with Gasteiger partial charge in [0.25, 0.3) is 0 Å². The number of hydrogen-bond donors (Lipinski definition) is 0. The summed E-state index contributed by atoms with van der Waals surface area (Å²) in [6, 6.07) is 8.13. The Balaban J connectivity index is 1.49. The number of aryl methyl sites for hydroxylation is 1. The molecule has 0 N–H and O–H groups in total.